The second-order valence-electron chi connectivity index (χ2n) is 3.64. The fraction of sp³-hybridized carbons (Fsp3) is 0.0714. The largest absolute Gasteiger partial charge is 0.507 e. The number of para-hydroxylation sites is 1. The van der Waals surface area contributed by atoms with E-state index in [0.29, 0.717) is 18.3 Å². The molecule has 0 saturated carbocycles. The van der Waals surface area contributed by atoms with E-state index in [1.165, 1.54) is 0 Å². The van der Waals surface area contributed by atoms with Crippen molar-refractivity contribution in [3.8, 4) is 5.75 Å². The molecule has 2 heteroatoms. The fourth-order valence-electron chi connectivity index (χ4n) is 1.66. The van der Waals surface area contributed by atoms with Crippen molar-refractivity contribution in [3.63, 3.8) is 0 Å². The van der Waals surface area contributed by atoms with Crippen molar-refractivity contribution < 1.29 is 9.90 Å². The summed E-state index contributed by atoms with van der Waals surface area (Å²) in [4.78, 5) is 10.7. The Balaban J connectivity index is 2.32. The van der Waals surface area contributed by atoms with E-state index in [-0.39, 0.29) is 5.75 Å². The smallest absolute Gasteiger partial charge is 0.153 e. The van der Waals surface area contributed by atoms with Crippen molar-refractivity contribution >= 4 is 6.29 Å². The number of benzene rings is 2. The molecule has 0 heterocycles. The van der Waals surface area contributed by atoms with Gasteiger partial charge >= 0.3 is 0 Å². The molecule has 2 nitrogen and oxygen atoms in total. The molecule has 2 rings (SSSR count). The highest BCUT2D eigenvalue weighted by Crippen LogP contribution is 2.23. The van der Waals surface area contributed by atoms with E-state index in [4.69, 9.17) is 0 Å². The van der Waals surface area contributed by atoms with Gasteiger partial charge in [0.1, 0.15) is 5.75 Å². The third kappa shape index (κ3) is 2.11. The summed E-state index contributed by atoms with van der Waals surface area (Å²) in [7, 11) is 0. The molecule has 2 aromatic rings. The zero-order chi connectivity index (χ0) is 11.4. The Morgan fingerprint density at radius 2 is 1.75 bits per heavy atom. The van der Waals surface area contributed by atoms with E-state index < -0.39 is 0 Å². The number of aromatic hydroxyl groups is 1. The van der Waals surface area contributed by atoms with E-state index in [0.717, 1.165) is 11.1 Å². The van der Waals surface area contributed by atoms with Crippen LogP contribution in [-0.4, -0.2) is 11.4 Å². The van der Waals surface area contributed by atoms with Crippen LogP contribution in [0, 0.1) is 0 Å². The van der Waals surface area contributed by atoms with Crippen LogP contribution in [0.15, 0.2) is 48.5 Å². The maximum Gasteiger partial charge on any atom is 0.153 e. The summed E-state index contributed by atoms with van der Waals surface area (Å²) < 4.78 is 0. The second-order valence-corrected chi connectivity index (χ2v) is 3.64. The summed E-state index contributed by atoms with van der Waals surface area (Å²) in [6.07, 6.45) is 1.30. The molecule has 2 aromatic carbocycles. The van der Waals surface area contributed by atoms with Crippen molar-refractivity contribution in [2.45, 2.75) is 6.42 Å². The van der Waals surface area contributed by atoms with Gasteiger partial charge in [0.25, 0.3) is 0 Å². The van der Waals surface area contributed by atoms with Crippen molar-refractivity contribution in [1.29, 1.82) is 0 Å². The standard InChI is InChI=1S/C14H12O2/c15-10-13-8-4-7-12(14(13)16)9-11-5-2-1-3-6-11/h1-8,10,16H,9H2. The summed E-state index contributed by atoms with van der Waals surface area (Å²) in [5, 5.41) is 9.82. The summed E-state index contributed by atoms with van der Waals surface area (Å²) >= 11 is 0. The molecular formula is C14H12O2. The minimum atomic E-state index is 0.0846. The lowest BCUT2D eigenvalue weighted by Gasteiger charge is -2.06. The van der Waals surface area contributed by atoms with Crippen LogP contribution in [0.5, 0.6) is 5.75 Å². The predicted octanol–water partition coefficient (Wildman–Crippen LogP) is 2.80. The number of carbonyl (C=O) groups is 1. The molecule has 0 unspecified atom stereocenters. The van der Waals surface area contributed by atoms with E-state index in [1.54, 1.807) is 12.1 Å². The van der Waals surface area contributed by atoms with Crippen LogP contribution < -0.4 is 0 Å². The van der Waals surface area contributed by atoms with Crippen LogP contribution >= 0.6 is 0 Å². The highest BCUT2D eigenvalue weighted by Gasteiger charge is 2.06. The highest BCUT2D eigenvalue weighted by molar-refractivity contribution is 5.79. The van der Waals surface area contributed by atoms with Gasteiger partial charge in [-0.3, -0.25) is 4.79 Å². The van der Waals surface area contributed by atoms with E-state index >= 15 is 0 Å². The minimum absolute atomic E-state index is 0.0846. The summed E-state index contributed by atoms with van der Waals surface area (Å²) in [5.74, 6) is 0.0846. The van der Waals surface area contributed by atoms with Crippen LogP contribution in [0.2, 0.25) is 0 Å². The normalized spacial score (nSPS) is 10.0. The van der Waals surface area contributed by atoms with Gasteiger partial charge in [-0.25, -0.2) is 0 Å². The van der Waals surface area contributed by atoms with Crippen LogP contribution in [0.4, 0.5) is 0 Å². The Kier molecular flexibility index (Phi) is 3.01. The Labute approximate surface area is 94.2 Å². The van der Waals surface area contributed by atoms with Gasteiger partial charge in [0.15, 0.2) is 6.29 Å². The van der Waals surface area contributed by atoms with Crippen LogP contribution in [0.25, 0.3) is 0 Å². The third-order valence-corrected chi connectivity index (χ3v) is 2.52. The number of carbonyl (C=O) groups excluding carboxylic acids is 1. The first-order valence-corrected chi connectivity index (χ1v) is 5.11. The summed E-state index contributed by atoms with van der Waals surface area (Å²) in [6, 6.07) is 15.1. The molecule has 16 heavy (non-hydrogen) atoms. The first kappa shape index (κ1) is 10.4. The molecule has 80 valence electrons. The molecule has 0 atom stereocenters. The quantitative estimate of drug-likeness (QED) is 0.794. The van der Waals surface area contributed by atoms with Crippen molar-refractivity contribution in [2.24, 2.45) is 0 Å². The molecule has 0 aliphatic rings. The van der Waals surface area contributed by atoms with E-state index in [9.17, 15) is 9.90 Å². The topological polar surface area (TPSA) is 37.3 Å². The van der Waals surface area contributed by atoms with Crippen molar-refractivity contribution in [2.75, 3.05) is 0 Å². The minimum Gasteiger partial charge on any atom is -0.507 e. The molecule has 0 saturated heterocycles. The molecular weight excluding hydrogens is 200 g/mol. The van der Waals surface area contributed by atoms with Crippen LogP contribution in [-0.2, 0) is 6.42 Å². The summed E-state index contributed by atoms with van der Waals surface area (Å²) in [5.41, 5.74) is 2.23. The van der Waals surface area contributed by atoms with Gasteiger partial charge in [0, 0.05) is 6.42 Å². The molecule has 0 aliphatic heterocycles. The summed E-state index contributed by atoms with van der Waals surface area (Å²) in [6.45, 7) is 0. The second kappa shape index (κ2) is 4.62. The lowest BCUT2D eigenvalue weighted by Crippen LogP contribution is -1.91. The predicted molar refractivity (Wildman–Crippen MR) is 62.7 cm³/mol. The zero-order valence-corrected chi connectivity index (χ0v) is 8.76. The van der Waals surface area contributed by atoms with Gasteiger partial charge in [0.2, 0.25) is 0 Å². The number of rotatable bonds is 3. The fourth-order valence-corrected chi connectivity index (χ4v) is 1.66. The maximum absolute atomic E-state index is 10.7. The first-order valence-electron chi connectivity index (χ1n) is 5.11. The molecule has 0 aliphatic carbocycles. The van der Waals surface area contributed by atoms with Crippen molar-refractivity contribution in [1.82, 2.24) is 0 Å². The molecule has 0 aromatic heterocycles. The lowest BCUT2D eigenvalue weighted by molar-refractivity contribution is 0.112. The van der Waals surface area contributed by atoms with Gasteiger partial charge in [-0.1, -0.05) is 42.5 Å². The average molecular weight is 212 g/mol. The average Bonchev–Trinajstić information content (AvgIpc) is 2.33. The van der Waals surface area contributed by atoms with Gasteiger partial charge < -0.3 is 5.11 Å². The van der Waals surface area contributed by atoms with Crippen LogP contribution in [0.1, 0.15) is 21.5 Å². The maximum atomic E-state index is 10.7. The van der Waals surface area contributed by atoms with Gasteiger partial charge in [0.05, 0.1) is 5.56 Å². The number of aldehydes is 1. The SMILES string of the molecule is O=Cc1cccc(Cc2ccccc2)c1O. The Morgan fingerprint density at radius 3 is 2.44 bits per heavy atom. The Hall–Kier alpha value is -2.09. The van der Waals surface area contributed by atoms with Gasteiger partial charge in [-0.2, -0.15) is 0 Å². The Bertz CT molecular complexity index is 489. The monoisotopic (exact) mass is 212 g/mol. The molecule has 0 amide bonds. The van der Waals surface area contributed by atoms with Crippen molar-refractivity contribution in [3.05, 3.63) is 65.2 Å². The molecule has 0 fully saturated rings. The Morgan fingerprint density at radius 1 is 1.00 bits per heavy atom. The van der Waals surface area contributed by atoms with Gasteiger partial charge in [-0.15, -0.1) is 0 Å². The molecule has 0 bridgehead atoms. The number of phenolic OH excluding ortho intramolecular Hbond substituents is 1. The molecule has 0 spiro atoms. The molecule has 0 radical (unpaired) electrons. The van der Waals surface area contributed by atoms with Gasteiger partial charge in [-0.05, 0) is 17.2 Å². The van der Waals surface area contributed by atoms with E-state index in [2.05, 4.69) is 0 Å². The van der Waals surface area contributed by atoms with E-state index in [1.807, 2.05) is 36.4 Å². The number of phenols is 1. The third-order valence-electron chi connectivity index (χ3n) is 2.52. The highest BCUT2D eigenvalue weighted by atomic mass is 16.3. The number of hydrogen-bond acceptors (Lipinski definition) is 2. The zero-order valence-electron chi connectivity index (χ0n) is 8.76. The van der Waals surface area contributed by atoms with Crippen LogP contribution in [0.3, 0.4) is 0 Å². The molecule has 1 N–H and O–H groups in total. The lowest BCUT2D eigenvalue weighted by atomic mass is 10.0. The number of hydrogen-bond donors (Lipinski definition) is 1. The first-order chi connectivity index (χ1) is 7.81.